The van der Waals surface area contributed by atoms with Crippen LogP contribution in [0.3, 0.4) is 0 Å². The van der Waals surface area contributed by atoms with Crippen LogP contribution in [-0.4, -0.2) is 28.1 Å². The number of nitrogens with zero attached hydrogens (tertiary/aromatic N) is 1. The number of pyridine rings is 1. The third-order valence-corrected chi connectivity index (χ3v) is 2.87. The molecule has 1 aromatic heterocycles. The minimum Gasteiger partial charge on any atom is -0.480 e. The van der Waals surface area contributed by atoms with E-state index in [1.165, 1.54) is 6.08 Å². The number of hydrogen-bond donors (Lipinski definition) is 3. The van der Waals surface area contributed by atoms with Crippen molar-refractivity contribution in [2.24, 2.45) is 0 Å². The number of nitrogens with one attached hydrogen (secondary N) is 2. The van der Waals surface area contributed by atoms with E-state index in [0.29, 0.717) is 5.69 Å². The minimum atomic E-state index is -1.10. The maximum absolute atomic E-state index is 11.8. The maximum atomic E-state index is 11.8. The van der Waals surface area contributed by atoms with Crippen LogP contribution < -0.4 is 10.6 Å². The first-order valence-electron chi connectivity index (χ1n) is 6.36. The Kier molecular flexibility index (Phi) is 4.50. The van der Waals surface area contributed by atoms with E-state index in [-0.39, 0.29) is 6.42 Å². The van der Waals surface area contributed by atoms with Gasteiger partial charge in [0.15, 0.2) is 0 Å². The van der Waals surface area contributed by atoms with Gasteiger partial charge in [0.2, 0.25) is 0 Å². The molecule has 1 unspecified atom stereocenters. The fourth-order valence-electron chi connectivity index (χ4n) is 1.87. The van der Waals surface area contributed by atoms with Gasteiger partial charge >= 0.3 is 12.0 Å². The first kappa shape index (κ1) is 14.5. The number of urea groups is 1. The summed E-state index contributed by atoms with van der Waals surface area (Å²) in [5.41, 5.74) is 1.38. The molecule has 6 nitrogen and oxygen atoms in total. The highest BCUT2D eigenvalue weighted by molar-refractivity contribution is 5.94. The van der Waals surface area contributed by atoms with Gasteiger partial charge < -0.3 is 15.7 Å². The summed E-state index contributed by atoms with van der Waals surface area (Å²) in [4.78, 5) is 26.9. The molecular formula is C15H15N3O3. The molecule has 0 aliphatic carbocycles. The highest BCUT2D eigenvalue weighted by Crippen LogP contribution is 2.16. The summed E-state index contributed by atoms with van der Waals surface area (Å²) < 4.78 is 0. The predicted molar refractivity (Wildman–Crippen MR) is 80.1 cm³/mol. The molecule has 0 radical (unpaired) electrons. The molecule has 1 atom stereocenters. The predicted octanol–water partition coefficient (Wildman–Crippen LogP) is 2.39. The molecular weight excluding hydrogens is 270 g/mol. The Morgan fingerprint density at radius 1 is 1.38 bits per heavy atom. The van der Waals surface area contributed by atoms with E-state index in [0.717, 1.165) is 10.9 Å². The van der Waals surface area contributed by atoms with E-state index in [4.69, 9.17) is 5.11 Å². The van der Waals surface area contributed by atoms with E-state index in [1.54, 1.807) is 30.5 Å². The molecule has 2 amide bonds. The standard InChI is InChI=1S/C15H15N3O3/c1-2-4-13(14(19)20)18-15(21)17-11-6-7-12-10(9-11)5-3-8-16-12/h2-3,5-9,13H,1,4H2,(H,19,20)(H2,17,18,21). The summed E-state index contributed by atoms with van der Waals surface area (Å²) in [5.74, 6) is -1.10. The highest BCUT2D eigenvalue weighted by Gasteiger charge is 2.18. The highest BCUT2D eigenvalue weighted by atomic mass is 16.4. The van der Waals surface area contributed by atoms with Crippen LogP contribution in [0.1, 0.15) is 6.42 Å². The molecule has 3 N–H and O–H groups in total. The Labute approximate surface area is 121 Å². The van der Waals surface area contributed by atoms with Crippen molar-refractivity contribution in [2.75, 3.05) is 5.32 Å². The van der Waals surface area contributed by atoms with Gasteiger partial charge in [-0.3, -0.25) is 4.98 Å². The fraction of sp³-hybridized carbons (Fsp3) is 0.133. The number of amides is 2. The number of carbonyl (C=O) groups excluding carboxylic acids is 1. The zero-order chi connectivity index (χ0) is 15.2. The van der Waals surface area contributed by atoms with Crippen molar-refractivity contribution in [1.82, 2.24) is 10.3 Å². The Morgan fingerprint density at radius 2 is 2.19 bits per heavy atom. The van der Waals surface area contributed by atoms with Gasteiger partial charge in [-0.1, -0.05) is 12.1 Å². The molecule has 1 aromatic carbocycles. The van der Waals surface area contributed by atoms with Gasteiger partial charge in [0, 0.05) is 17.3 Å². The molecule has 108 valence electrons. The number of carbonyl (C=O) groups is 2. The number of anilines is 1. The average Bonchev–Trinajstić information content (AvgIpc) is 2.46. The first-order chi connectivity index (χ1) is 10.1. The van der Waals surface area contributed by atoms with Crippen LogP contribution in [0.2, 0.25) is 0 Å². The maximum Gasteiger partial charge on any atom is 0.326 e. The van der Waals surface area contributed by atoms with Crippen molar-refractivity contribution >= 4 is 28.6 Å². The second-order valence-electron chi connectivity index (χ2n) is 4.42. The van der Waals surface area contributed by atoms with E-state index < -0.39 is 18.0 Å². The second-order valence-corrected chi connectivity index (χ2v) is 4.42. The van der Waals surface area contributed by atoms with Gasteiger partial charge in [0.1, 0.15) is 6.04 Å². The number of fused-ring (bicyclic) bond motifs is 1. The zero-order valence-corrected chi connectivity index (χ0v) is 11.2. The van der Waals surface area contributed by atoms with Gasteiger partial charge in [0.25, 0.3) is 0 Å². The Hall–Kier alpha value is -2.89. The first-order valence-corrected chi connectivity index (χ1v) is 6.36. The van der Waals surface area contributed by atoms with Gasteiger partial charge in [-0.15, -0.1) is 6.58 Å². The van der Waals surface area contributed by atoms with Crippen molar-refractivity contribution in [3.05, 3.63) is 49.2 Å². The Balaban J connectivity index is 2.06. The van der Waals surface area contributed by atoms with Crippen LogP contribution in [-0.2, 0) is 4.79 Å². The third kappa shape index (κ3) is 3.79. The molecule has 0 spiro atoms. The third-order valence-electron chi connectivity index (χ3n) is 2.87. The topological polar surface area (TPSA) is 91.3 Å². The van der Waals surface area contributed by atoms with Gasteiger partial charge in [-0.05, 0) is 30.7 Å². The van der Waals surface area contributed by atoms with Crippen LogP contribution in [0.25, 0.3) is 10.9 Å². The molecule has 0 saturated heterocycles. The summed E-state index contributed by atoms with van der Waals surface area (Å²) in [6, 6.07) is 7.37. The lowest BCUT2D eigenvalue weighted by Gasteiger charge is -2.13. The number of benzene rings is 1. The number of rotatable bonds is 5. The molecule has 0 aliphatic heterocycles. The van der Waals surface area contributed by atoms with Gasteiger partial charge in [0.05, 0.1) is 5.52 Å². The lowest BCUT2D eigenvalue weighted by atomic mass is 10.2. The lowest BCUT2D eigenvalue weighted by Crippen LogP contribution is -2.42. The molecule has 6 heteroatoms. The number of hydrogen-bond acceptors (Lipinski definition) is 3. The van der Waals surface area contributed by atoms with Crippen LogP contribution in [0.15, 0.2) is 49.2 Å². The lowest BCUT2D eigenvalue weighted by molar-refractivity contribution is -0.139. The summed E-state index contributed by atoms with van der Waals surface area (Å²) in [5, 5.41) is 14.8. The largest absolute Gasteiger partial charge is 0.480 e. The van der Waals surface area contributed by atoms with Gasteiger partial charge in [-0.2, -0.15) is 0 Å². The van der Waals surface area contributed by atoms with E-state index >= 15 is 0 Å². The van der Waals surface area contributed by atoms with Crippen molar-refractivity contribution < 1.29 is 14.7 Å². The quantitative estimate of drug-likeness (QED) is 0.735. The average molecular weight is 285 g/mol. The zero-order valence-electron chi connectivity index (χ0n) is 11.2. The smallest absolute Gasteiger partial charge is 0.326 e. The Bertz CT molecular complexity index is 685. The van der Waals surface area contributed by atoms with E-state index in [1.807, 2.05) is 6.07 Å². The molecule has 2 aromatic rings. The number of aliphatic carboxylic acids is 1. The van der Waals surface area contributed by atoms with Crippen LogP contribution in [0.4, 0.5) is 10.5 Å². The van der Waals surface area contributed by atoms with Crippen LogP contribution in [0, 0.1) is 0 Å². The van der Waals surface area contributed by atoms with Gasteiger partial charge in [-0.25, -0.2) is 9.59 Å². The molecule has 21 heavy (non-hydrogen) atoms. The minimum absolute atomic E-state index is 0.157. The fourth-order valence-corrected chi connectivity index (χ4v) is 1.87. The van der Waals surface area contributed by atoms with Crippen LogP contribution >= 0.6 is 0 Å². The summed E-state index contributed by atoms with van der Waals surface area (Å²) in [6.07, 6.45) is 3.29. The number of carboxylic acid groups (broad SMARTS) is 1. The summed E-state index contributed by atoms with van der Waals surface area (Å²) >= 11 is 0. The Morgan fingerprint density at radius 3 is 2.90 bits per heavy atom. The second kappa shape index (κ2) is 6.51. The molecule has 1 heterocycles. The van der Waals surface area contributed by atoms with Crippen molar-refractivity contribution in [3.8, 4) is 0 Å². The van der Waals surface area contributed by atoms with E-state index in [2.05, 4.69) is 22.2 Å². The number of aromatic nitrogens is 1. The normalized spacial score (nSPS) is 11.6. The molecule has 2 rings (SSSR count). The molecule has 0 aliphatic rings. The summed E-state index contributed by atoms with van der Waals surface area (Å²) in [7, 11) is 0. The molecule has 0 saturated carbocycles. The van der Waals surface area contributed by atoms with Crippen LogP contribution in [0.5, 0.6) is 0 Å². The monoisotopic (exact) mass is 285 g/mol. The SMILES string of the molecule is C=CCC(NC(=O)Nc1ccc2ncccc2c1)C(=O)O. The number of carboxylic acids is 1. The molecule has 0 bridgehead atoms. The molecule has 0 fully saturated rings. The van der Waals surface area contributed by atoms with Crippen molar-refractivity contribution in [2.45, 2.75) is 12.5 Å². The summed E-state index contributed by atoms with van der Waals surface area (Å²) in [6.45, 7) is 3.47. The van der Waals surface area contributed by atoms with Crippen molar-refractivity contribution in [3.63, 3.8) is 0 Å². The van der Waals surface area contributed by atoms with E-state index in [9.17, 15) is 9.59 Å². The van der Waals surface area contributed by atoms with Crippen molar-refractivity contribution in [1.29, 1.82) is 0 Å².